The quantitative estimate of drug-likeness (QED) is 0.861. The first-order valence-corrected chi connectivity index (χ1v) is 5.82. The van der Waals surface area contributed by atoms with E-state index < -0.39 is 5.97 Å². The van der Waals surface area contributed by atoms with Gasteiger partial charge in [0.25, 0.3) is 0 Å². The van der Waals surface area contributed by atoms with Crippen LogP contribution in [0, 0.1) is 0 Å². The maximum absolute atomic E-state index is 10.7. The Morgan fingerprint density at radius 2 is 2.41 bits per heavy atom. The first-order chi connectivity index (χ1) is 8.08. The predicted molar refractivity (Wildman–Crippen MR) is 64.6 cm³/mol. The van der Waals surface area contributed by atoms with Crippen LogP contribution in [0.5, 0.6) is 0 Å². The maximum Gasteiger partial charge on any atom is 0.371 e. The molecule has 0 amide bonds. The van der Waals surface area contributed by atoms with E-state index in [1.54, 1.807) is 6.07 Å². The number of aromatic carboxylic acids is 1. The van der Waals surface area contributed by atoms with Crippen LogP contribution < -0.4 is 4.90 Å². The van der Waals surface area contributed by atoms with Crippen LogP contribution in [0.4, 0.5) is 5.88 Å². The second kappa shape index (κ2) is 4.79. The minimum atomic E-state index is -1.03. The number of hydrogen-bond donors (Lipinski definition) is 1. The number of anilines is 1. The van der Waals surface area contributed by atoms with Crippen molar-refractivity contribution >= 4 is 11.9 Å². The van der Waals surface area contributed by atoms with E-state index in [4.69, 9.17) is 9.52 Å². The number of carbonyl (C=O) groups is 1. The lowest BCUT2D eigenvalue weighted by atomic mass is 10.2. The molecule has 0 spiro atoms. The van der Waals surface area contributed by atoms with Gasteiger partial charge in [-0.1, -0.05) is 0 Å². The molecule has 2 rings (SSSR count). The number of hydrogen-bond acceptors (Lipinski definition) is 4. The largest absolute Gasteiger partial charge is 0.475 e. The van der Waals surface area contributed by atoms with E-state index in [9.17, 15) is 4.79 Å². The fourth-order valence-electron chi connectivity index (χ4n) is 2.26. The Labute approximate surface area is 101 Å². The molecule has 17 heavy (non-hydrogen) atoms. The lowest BCUT2D eigenvalue weighted by Crippen LogP contribution is -2.36. The topological polar surface area (TPSA) is 56.9 Å². The van der Waals surface area contributed by atoms with Crippen molar-refractivity contribution in [3.8, 4) is 0 Å². The van der Waals surface area contributed by atoms with Crippen molar-refractivity contribution in [2.45, 2.75) is 18.9 Å². The molecule has 5 nitrogen and oxygen atoms in total. The third-order valence-electron chi connectivity index (χ3n) is 3.33. The van der Waals surface area contributed by atoms with Crippen molar-refractivity contribution in [2.24, 2.45) is 0 Å². The van der Waals surface area contributed by atoms with E-state index in [2.05, 4.69) is 11.9 Å². The van der Waals surface area contributed by atoms with Crippen molar-refractivity contribution < 1.29 is 14.3 Å². The van der Waals surface area contributed by atoms with E-state index in [0.717, 1.165) is 13.1 Å². The molecule has 1 aliphatic rings. The van der Waals surface area contributed by atoms with E-state index in [0.29, 0.717) is 11.9 Å². The van der Waals surface area contributed by atoms with Crippen LogP contribution in [0.2, 0.25) is 0 Å². The Morgan fingerprint density at radius 3 is 2.94 bits per heavy atom. The zero-order valence-corrected chi connectivity index (χ0v) is 10.2. The van der Waals surface area contributed by atoms with E-state index in [-0.39, 0.29) is 5.76 Å². The normalized spacial score (nSPS) is 20.7. The Morgan fingerprint density at radius 1 is 1.65 bits per heavy atom. The van der Waals surface area contributed by atoms with Gasteiger partial charge >= 0.3 is 5.97 Å². The third kappa shape index (κ3) is 2.61. The molecule has 94 valence electrons. The number of furan rings is 1. The van der Waals surface area contributed by atoms with Gasteiger partial charge in [0.1, 0.15) is 0 Å². The van der Waals surface area contributed by atoms with E-state index >= 15 is 0 Å². The Balaban J connectivity index is 1.98. The van der Waals surface area contributed by atoms with Crippen molar-refractivity contribution in [1.29, 1.82) is 0 Å². The molecule has 1 fully saturated rings. The maximum atomic E-state index is 10.7. The van der Waals surface area contributed by atoms with Crippen LogP contribution >= 0.6 is 0 Å². The molecule has 0 saturated carbocycles. The second-order valence-corrected chi connectivity index (χ2v) is 4.60. The molecule has 1 unspecified atom stereocenters. The summed E-state index contributed by atoms with van der Waals surface area (Å²) in [7, 11) is 4.05. The summed E-state index contributed by atoms with van der Waals surface area (Å²) in [6.45, 7) is 2.00. The highest BCUT2D eigenvalue weighted by Gasteiger charge is 2.23. The minimum Gasteiger partial charge on any atom is -0.475 e. The fraction of sp³-hybridized carbons (Fsp3) is 0.583. The average molecular weight is 238 g/mol. The number of rotatable bonds is 4. The van der Waals surface area contributed by atoms with Crippen LogP contribution in [0.25, 0.3) is 0 Å². The zero-order chi connectivity index (χ0) is 12.4. The van der Waals surface area contributed by atoms with Gasteiger partial charge in [-0.2, -0.15) is 0 Å². The molecule has 1 saturated heterocycles. The monoisotopic (exact) mass is 238 g/mol. The van der Waals surface area contributed by atoms with Crippen LogP contribution in [-0.2, 0) is 0 Å². The van der Waals surface area contributed by atoms with E-state index in [1.807, 2.05) is 11.9 Å². The third-order valence-corrected chi connectivity index (χ3v) is 3.33. The minimum absolute atomic E-state index is 0.00775. The molecule has 0 bridgehead atoms. The fourth-order valence-corrected chi connectivity index (χ4v) is 2.26. The summed E-state index contributed by atoms with van der Waals surface area (Å²) in [4.78, 5) is 15.0. The lowest BCUT2D eigenvalue weighted by Gasteiger charge is -2.25. The Bertz CT molecular complexity index is 402. The Hall–Kier alpha value is -1.49. The number of carboxylic acids is 1. The summed E-state index contributed by atoms with van der Waals surface area (Å²) in [5, 5.41) is 8.79. The van der Waals surface area contributed by atoms with Crippen LogP contribution in [0.3, 0.4) is 0 Å². The number of likely N-dealkylation sites (tertiary alicyclic amines) is 1. The van der Waals surface area contributed by atoms with Gasteiger partial charge in [-0.3, -0.25) is 0 Å². The van der Waals surface area contributed by atoms with Crippen molar-refractivity contribution in [3.63, 3.8) is 0 Å². The highest BCUT2D eigenvalue weighted by molar-refractivity contribution is 5.84. The standard InChI is InChI=1S/C12H18N2O3/c1-13-7-3-4-9(13)8-14(2)11-6-5-10(17-11)12(15)16/h5-6,9H,3-4,7-8H2,1-2H3,(H,15,16). The van der Waals surface area contributed by atoms with Gasteiger partial charge in [-0.15, -0.1) is 0 Å². The summed E-state index contributed by atoms with van der Waals surface area (Å²) >= 11 is 0. The average Bonchev–Trinajstić information content (AvgIpc) is 2.88. The molecule has 1 N–H and O–H groups in total. The van der Waals surface area contributed by atoms with Gasteiger partial charge in [-0.05, 0) is 32.5 Å². The molecule has 2 heterocycles. The summed E-state index contributed by atoms with van der Waals surface area (Å²) in [5.74, 6) is -0.419. The molecular weight excluding hydrogens is 220 g/mol. The zero-order valence-electron chi connectivity index (χ0n) is 10.2. The van der Waals surface area contributed by atoms with Gasteiger partial charge in [-0.25, -0.2) is 4.79 Å². The highest BCUT2D eigenvalue weighted by atomic mass is 16.4. The summed E-state index contributed by atoms with van der Waals surface area (Å²) in [6.07, 6.45) is 2.42. The van der Waals surface area contributed by atoms with Crippen LogP contribution in [0.1, 0.15) is 23.4 Å². The van der Waals surface area contributed by atoms with Gasteiger partial charge in [0.15, 0.2) is 5.88 Å². The van der Waals surface area contributed by atoms with Gasteiger partial charge in [0.2, 0.25) is 5.76 Å². The SMILES string of the molecule is CN(CC1CCCN1C)c1ccc(C(=O)O)o1. The van der Waals surface area contributed by atoms with E-state index in [1.165, 1.54) is 18.9 Å². The number of nitrogens with zero attached hydrogens (tertiary/aromatic N) is 2. The second-order valence-electron chi connectivity index (χ2n) is 4.60. The molecule has 0 aliphatic carbocycles. The van der Waals surface area contributed by atoms with Crippen molar-refractivity contribution in [2.75, 3.05) is 32.1 Å². The summed E-state index contributed by atoms with van der Waals surface area (Å²) < 4.78 is 5.26. The Kier molecular flexibility index (Phi) is 3.38. The van der Waals surface area contributed by atoms with Gasteiger partial charge < -0.3 is 19.3 Å². The number of carboxylic acid groups (broad SMARTS) is 1. The first-order valence-electron chi connectivity index (χ1n) is 5.82. The molecule has 1 aliphatic heterocycles. The van der Waals surface area contributed by atoms with Crippen molar-refractivity contribution in [1.82, 2.24) is 4.90 Å². The number of likely N-dealkylation sites (N-methyl/N-ethyl adjacent to an activating group) is 2. The molecule has 1 aromatic heterocycles. The smallest absolute Gasteiger partial charge is 0.371 e. The molecule has 0 aromatic carbocycles. The molecule has 1 atom stereocenters. The van der Waals surface area contributed by atoms with Crippen LogP contribution in [-0.4, -0.2) is 49.2 Å². The van der Waals surface area contributed by atoms with Crippen molar-refractivity contribution in [3.05, 3.63) is 17.9 Å². The van der Waals surface area contributed by atoms with Gasteiger partial charge in [0.05, 0.1) is 0 Å². The van der Waals surface area contributed by atoms with Crippen LogP contribution in [0.15, 0.2) is 16.5 Å². The molecule has 1 aromatic rings. The van der Waals surface area contributed by atoms with Gasteiger partial charge in [0, 0.05) is 25.7 Å². The first kappa shape index (κ1) is 12.0. The molecular formula is C12H18N2O3. The highest BCUT2D eigenvalue weighted by Crippen LogP contribution is 2.21. The summed E-state index contributed by atoms with van der Waals surface area (Å²) in [5.41, 5.74) is 0. The lowest BCUT2D eigenvalue weighted by molar-refractivity contribution is 0.0663. The summed E-state index contributed by atoms with van der Waals surface area (Å²) in [6, 6.07) is 3.73. The molecule has 5 heteroatoms. The molecule has 0 radical (unpaired) electrons. The predicted octanol–water partition coefficient (Wildman–Crippen LogP) is 1.51.